The van der Waals surface area contributed by atoms with Crippen molar-refractivity contribution in [2.24, 2.45) is 0 Å². The predicted molar refractivity (Wildman–Crippen MR) is 250 cm³/mol. The van der Waals surface area contributed by atoms with Gasteiger partial charge in [-0.05, 0) is 12.8 Å². The first kappa shape index (κ1) is 61.9. The van der Waals surface area contributed by atoms with Gasteiger partial charge in [0.15, 0.2) is 24.4 Å². The third-order valence-corrected chi connectivity index (χ3v) is 12.3. The van der Waals surface area contributed by atoms with Crippen LogP contribution in [0.1, 0.15) is 221 Å². The highest BCUT2D eigenvalue weighted by Gasteiger charge is 2.54. The minimum Gasteiger partial charge on any atom is -0.463 e. The summed E-state index contributed by atoms with van der Waals surface area (Å²) in [5.41, 5.74) is 0. The van der Waals surface area contributed by atoms with E-state index in [9.17, 15) is 38.2 Å². The second-order valence-electron chi connectivity index (χ2n) is 17.7. The van der Waals surface area contributed by atoms with Crippen molar-refractivity contribution in [2.75, 3.05) is 19.8 Å². The van der Waals surface area contributed by atoms with Gasteiger partial charge >= 0.3 is 43.6 Å². The third-order valence-electron chi connectivity index (χ3n) is 11.3. The zero-order chi connectivity index (χ0) is 49.7. The van der Waals surface area contributed by atoms with E-state index in [1.807, 2.05) is 0 Å². The maximum absolute atomic E-state index is 13.5. The monoisotopic (exact) mass is 979 g/mol. The van der Waals surface area contributed by atoms with Crippen molar-refractivity contribution in [1.82, 2.24) is 0 Å². The van der Waals surface area contributed by atoms with Gasteiger partial charge in [0.2, 0.25) is 6.29 Å². The molecule has 0 aromatic heterocycles. The molecule has 1 N–H and O–H groups in total. The summed E-state index contributed by atoms with van der Waals surface area (Å²) in [5, 5.41) is 0. The molecule has 0 bridgehead atoms. The van der Waals surface area contributed by atoms with E-state index >= 15 is 0 Å². The second kappa shape index (κ2) is 38.7. The van der Waals surface area contributed by atoms with Gasteiger partial charge in [0.05, 0.1) is 6.61 Å². The fraction of sp³-hybridized carbons (Fsp3) is 0.878. The first-order valence-electron chi connectivity index (χ1n) is 25.4. The molecule has 1 rings (SSSR count). The van der Waals surface area contributed by atoms with Gasteiger partial charge in [-0.25, -0.2) is 4.57 Å². The molecule has 7 atom stereocenters. The molecule has 0 aromatic carbocycles. The summed E-state index contributed by atoms with van der Waals surface area (Å²) in [4.78, 5) is 84.9. The topological polar surface area (TPSA) is 223 Å². The summed E-state index contributed by atoms with van der Waals surface area (Å²) in [6.45, 7) is 6.77. The molecule has 0 saturated carbocycles. The Balaban J connectivity index is 2.90. The Morgan fingerprint density at radius 3 is 1.30 bits per heavy atom. The lowest BCUT2D eigenvalue weighted by Gasteiger charge is -2.44. The van der Waals surface area contributed by atoms with Gasteiger partial charge in [-0.1, -0.05) is 168 Å². The van der Waals surface area contributed by atoms with Crippen molar-refractivity contribution in [1.29, 1.82) is 0 Å². The molecule has 0 aromatic rings. The number of hydrogen-bond acceptors (Lipinski definition) is 16. The standard InChI is InChI=1S/C49H87O17P/c1-7-9-11-13-15-17-19-21-23-25-27-29-31-33-44(54)59-35-42(64-45(55)34-32-30-28-26-24-22-20-18-16-14-12-10-8-2)36-60-67(56,57)66-49-48(63-41(6)53)47(62-40(5)52)46(61-39(4)51)43(65-49)37-58-38(3)50/h42-43,46-49H,7-37H2,1-6H3,(H,56,57)/t42-,43+,46-,47-,48+,49-/m0/s1. The van der Waals surface area contributed by atoms with Gasteiger partial charge in [0.25, 0.3) is 0 Å². The maximum Gasteiger partial charge on any atom is 0.474 e. The summed E-state index contributed by atoms with van der Waals surface area (Å²) in [7, 11) is -5.26. The molecule has 0 radical (unpaired) electrons. The van der Waals surface area contributed by atoms with Crippen LogP contribution in [0.15, 0.2) is 0 Å². The fourth-order valence-corrected chi connectivity index (χ4v) is 8.65. The predicted octanol–water partition coefficient (Wildman–Crippen LogP) is 10.6. The average Bonchev–Trinajstić information content (AvgIpc) is 3.26. The molecule has 1 unspecified atom stereocenters. The van der Waals surface area contributed by atoms with Gasteiger partial charge in [-0.15, -0.1) is 0 Å². The molecule has 0 spiro atoms. The maximum atomic E-state index is 13.5. The Kier molecular flexibility index (Phi) is 35.8. The van der Waals surface area contributed by atoms with E-state index in [0.717, 1.165) is 79.1 Å². The number of hydrogen-bond donors (Lipinski definition) is 1. The molecule has 1 heterocycles. The van der Waals surface area contributed by atoms with E-state index in [1.54, 1.807) is 0 Å². The lowest BCUT2D eigenvalue weighted by Crippen LogP contribution is -2.62. The molecule has 1 aliphatic rings. The zero-order valence-corrected chi connectivity index (χ0v) is 42.7. The molecule has 1 fully saturated rings. The highest BCUT2D eigenvalue weighted by Crippen LogP contribution is 2.47. The van der Waals surface area contributed by atoms with Crippen LogP contribution in [0, 0.1) is 0 Å². The fourth-order valence-electron chi connectivity index (χ4n) is 7.81. The van der Waals surface area contributed by atoms with Crippen LogP contribution in [0.2, 0.25) is 0 Å². The average molecular weight is 979 g/mol. The number of esters is 6. The summed E-state index contributed by atoms with van der Waals surface area (Å²) in [5.74, 6) is -4.63. The van der Waals surface area contributed by atoms with Gasteiger partial charge in [0.1, 0.15) is 19.3 Å². The highest BCUT2D eigenvalue weighted by molar-refractivity contribution is 7.47. The van der Waals surface area contributed by atoms with E-state index < -0.39 is 100 Å². The van der Waals surface area contributed by atoms with Crippen LogP contribution in [0.5, 0.6) is 0 Å². The highest BCUT2D eigenvalue weighted by atomic mass is 31.2. The van der Waals surface area contributed by atoms with Crippen LogP contribution >= 0.6 is 7.82 Å². The molecule has 1 aliphatic heterocycles. The number of carbonyl (C=O) groups is 6. The molecule has 17 nitrogen and oxygen atoms in total. The summed E-state index contributed by atoms with van der Waals surface area (Å²) in [6, 6.07) is 0. The minimum atomic E-state index is -5.26. The van der Waals surface area contributed by atoms with Gasteiger partial charge < -0.3 is 38.1 Å². The summed E-state index contributed by atoms with van der Waals surface area (Å²) in [6.07, 6.45) is 20.1. The lowest BCUT2D eigenvalue weighted by molar-refractivity contribution is -0.291. The molecular formula is C49H87O17P. The Morgan fingerprint density at radius 1 is 0.493 bits per heavy atom. The zero-order valence-electron chi connectivity index (χ0n) is 41.8. The number of ether oxygens (including phenoxy) is 7. The smallest absolute Gasteiger partial charge is 0.463 e. The van der Waals surface area contributed by atoms with Crippen LogP contribution < -0.4 is 0 Å². The Bertz CT molecular complexity index is 1430. The van der Waals surface area contributed by atoms with Crippen LogP contribution in [0.25, 0.3) is 0 Å². The van der Waals surface area contributed by atoms with Gasteiger partial charge in [-0.2, -0.15) is 0 Å². The number of phosphoric ester groups is 1. The first-order valence-corrected chi connectivity index (χ1v) is 26.9. The van der Waals surface area contributed by atoms with Gasteiger partial charge in [0, 0.05) is 40.5 Å². The van der Waals surface area contributed by atoms with Crippen molar-refractivity contribution < 1.29 is 80.4 Å². The van der Waals surface area contributed by atoms with Crippen molar-refractivity contribution >= 4 is 43.6 Å². The van der Waals surface area contributed by atoms with Crippen LogP contribution in [0.3, 0.4) is 0 Å². The number of unbranched alkanes of at least 4 members (excludes halogenated alkanes) is 24. The van der Waals surface area contributed by atoms with Crippen LogP contribution in [-0.4, -0.2) is 97.3 Å². The Hall–Kier alpha value is -3.11. The van der Waals surface area contributed by atoms with E-state index in [0.29, 0.717) is 12.8 Å². The third kappa shape index (κ3) is 33.1. The number of phosphoric acid groups is 1. The largest absolute Gasteiger partial charge is 0.474 e. The van der Waals surface area contributed by atoms with Crippen LogP contribution in [-0.2, 0) is 75.5 Å². The van der Waals surface area contributed by atoms with Crippen molar-refractivity contribution in [3.05, 3.63) is 0 Å². The first-order chi connectivity index (χ1) is 32.1. The van der Waals surface area contributed by atoms with E-state index in [2.05, 4.69) is 13.8 Å². The molecule has 0 aliphatic carbocycles. The SMILES string of the molecule is CCCCCCCCCCCCCCCC(=O)OC[C@@H](COP(=O)(O)O[C@@H]1O[C@H](COC(C)=O)[C@H](OC(C)=O)[C@H](OC(C)=O)[C@H]1OC(C)=O)OC(=O)CCCCCCCCCCCCCCC. The molecule has 67 heavy (non-hydrogen) atoms. The van der Waals surface area contributed by atoms with Gasteiger partial charge in [-0.3, -0.25) is 37.8 Å². The lowest BCUT2D eigenvalue weighted by atomic mass is 9.98. The molecular weight excluding hydrogens is 891 g/mol. The van der Waals surface area contributed by atoms with E-state index in [4.69, 9.17) is 42.2 Å². The summed E-state index contributed by atoms with van der Waals surface area (Å²) >= 11 is 0. The van der Waals surface area contributed by atoms with E-state index in [1.165, 1.54) is 103 Å². The Labute approximate surface area is 401 Å². The normalized spacial score (nSPS) is 19.4. The summed E-state index contributed by atoms with van der Waals surface area (Å²) < 4.78 is 61.9. The number of carbonyl (C=O) groups excluding carboxylic acids is 6. The van der Waals surface area contributed by atoms with Crippen molar-refractivity contribution in [3.63, 3.8) is 0 Å². The minimum absolute atomic E-state index is 0.0686. The van der Waals surface area contributed by atoms with E-state index in [-0.39, 0.29) is 12.8 Å². The number of rotatable bonds is 41. The molecule has 1 saturated heterocycles. The molecule has 390 valence electrons. The quantitative estimate of drug-likeness (QED) is 0.0260. The van der Waals surface area contributed by atoms with Crippen LogP contribution in [0.4, 0.5) is 0 Å². The van der Waals surface area contributed by atoms with Crippen molar-refractivity contribution in [3.8, 4) is 0 Å². The molecule has 18 heteroatoms. The second-order valence-corrected chi connectivity index (χ2v) is 19.1. The Morgan fingerprint density at radius 2 is 0.881 bits per heavy atom. The molecule has 0 amide bonds. The van der Waals surface area contributed by atoms with Crippen molar-refractivity contribution in [2.45, 2.75) is 258 Å².